The van der Waals surface area contributed by atoms with Crippen LogP contribution in [0.25, 0.3) is 11.3 Å². The summed E-state index contributed by atoms with van der Waals surface area (Å²) in [5.41, 5.74) is 4.79. The number of nitrogens with one attached hydrogen (secondary N) is 1. The molecule has 0 unspecified atom stereocenters. The summed E-state index contributed by atoms with van der Waals surface area (Å²) in [5, 5.41) is 7.29. The molecule has 3 heteroatoms. The Morgan fingerprint density at radius 1 is 1.22 bits per heavy atom. The topological polar surface area (TPSA) is 38.1 Å². The molecule has 96 valence electrons. The normalized spacial score (nSPS) is 10.8. The number of aromatic nitrogens is 1. The van der Waals surface area contributed by atoms with Gasteiger partial charge in [-0.1, -0.05) is 24.2 Å². The van der Waals surface area contributed by atoms with E-state index < -0.39 is 0 Å². The smallest absolute Gasteiger partial charge is 0.171 e. The lowest BCUT2D eigenvalue weighted by molar-refractivity contribution is 0.431. The molecule has 0 saturated heterocycles. The third-order valence-electron chi connectivity index (χ3n) is 3.16. The second kappa shape index (κ2) is 5.83. The van der Waals surface area contributed by atoms with Crippen molar-refractivity contribution in [3.05, 3.63) is 41.1 Å². The van der Waals surface area contributed by atoms with Crippen LogP contribution in [0.4, 0.5) is 0 Å². The van der Waals surface area contributed by atoms with Gasteiger partial charge < -0.3 is 9.84 Å². The Hall–Kier alpha value is -1.61. The fraction of sp³-hybridized carbons (Fsp3) is 0.400. The first-order chi connectivity index (χ1) is 8.72. The van der Waals surface area contributed by atoms with Crippen molar-refractivity contribution in [2.24, 2.45) is 0 Å². The van der Waals surface area contributed by atoms with E-state index in [1.165, 1.54) is 11.1 Å². The highest BCUT2D eigenvalue weighted by atomic mass is 16.5. The molecule has 3 nitrogen and oxygen atoms in total. The molecule has 1 aromatic carbocycles. The highest BCUT2D eigenvalue weighted by molar-refractivity contribution is 5.62. The summed E-state index contributed by atoms with van der Waals surface area (Å²) in [6, 6.07) is 6.36. The summed E-state index contributed by atoms with van der Waals surface area (Å²) >= 11 is 0. The molecule has 0 radical (unpaired) electrons. The van der Waals surface area contributed by atoms with Gasteiger partial charge in [0.1, 0.15) is 0 Å². The molecule has 0 saturated carbocycles. The van der Waals surface area contributed by atoms with E-state index in [9.17, 15) is 0 Å². The van der Waals surface area contributed by atoms with E-state index >= 15 is 0 Å². The second-order valence-corrected chi connectivity index (χ2v) is 4.66. The van der Waals surface area contributed by atoms with Crippen LogP contribution in [0.1, 0.15) is 30.0 Å². The fourth-order valence-corrected chi connectivity index (χ4v) is 1.91. The number of hydrogen-bond donors (Lipinski definition) is 1. The van der Waals surface area contributed by atoms with Crippen molar-refractivity contribution in [3.8, 4) is 11.3 Å². The quantitative estimate of drug-likeness (QED) is 0.818. The molecule has 18 heavy (non-hydrogen) atoms. The number of nitrogens with zero attached hydrogens (tertiary/aromatic N) is 1. The Labute approximate surface area is 108 Å². The fourth-order valence-electron chi connectivity index (χ4n) is 1.91. The van der Waals surface area contributed by atoms with Crippen molar-refractivity contribution < 1.29 is 4.52 Å². The summed E-state index contributed by atoms with van der Waals surface area (Å²) in [4.78, 5) is 0. The zero-order chi connectivity index (χ0) is 13.0. The van der Waals surface area contributed by atoms with Crippen molar-refractivity contribution in [2.45, 2.75) is 33.7 Å². The summed E-state index contributed by atoms with van der Waals surface area (Å²) in [7, 11) is 0. The molecular weight excluding hydrogens is 224 g/mol. The van der Waals surface area contributed by atoms with E-state index in [0.717, 1.165) is 36.4 Å². The van der Waals surface area contributed by atoms with Crippen LogP contribution in [0.15, 0.2) is 28.9 Å². The van der Waals surface area contributed by atoms with E-state index in [1.54, 1.807) is 6.20 Å². The molecule has 0 atom stereocenters. The van der Waals surface area contributed by atoms with Crippen molar-refractivity contribution in [2.75, 3.05) is 6.54 Å². The van der Waals surface area contributed by atoms with Gasteiger partial charge in [-0.2, -0.15) is 0 Å². The summed E-state index contributed by atoms with van der Waals surface area (Å²) in [6.07, 6.45) is 2.93. The third kappa shape index (κ3) is 2.79. The van der Waals surface area contributed by atoms with Crippen LogP contribution in [-0.4, -0.2) is 11.7 Å². The highest BCUT2D eigenvalue weighted by Crippen LogP contribution is 2.25. The largest absolute Gasteiger partial charge is 0.356 e. The average molecular weight is 244 g/mol. The third-order valence-corrected chi connectivity index (χ3v) is 3.16. The van der Waals surface area contributed by atoms with Gasteiger partial charge in [0, 0.05) is 17.7 Å². The van der Waals surface area contributed by atoms with Gasteiger partial charge in [-0.05, 0) is 44.0 Å². The van der Waals surface area contributed by atoms with E-state index in [-0.39, 0.29) is 0 Å². The van der Waals surface area contributed by atoms with Gasteiger partial charge in [-0.3, -0.25) is 0 Å². The molecule has 1 aromatic heterocycles. The Morgan fingerprint density at radius 3 is 2.78 bits per heavy atom. The first-order valence-corrected chi connectivity index (χ1v) is 6.44. The predicted molar refractivity (Wildman–Crippen MR) is 73.4 cm³/mol. The zero-order valence-corrected chi connectivity index (χ0v) is 11.3. The maximum absolute atomic E-state index is 5.39. The van der Waals surface area contributed by atoms with Crippen LogP contribution >= 0.6 is 0 Å². The summed E-state index contributed by atoms with van der Waals surface area (Å²) < 4.78 is 5.39. The van der Waals surface area contributed by atoms with Crippen molar-refractivity contribution in [1.82, 2.24) is 10.5 Å². The molecule has 0 aliphatic carbocycles. The minimum absolute atomic E-state index is 0.805. The maximum Gasteiger partial charge on any atom is 0.171 e. The van der Waals surface area contributed by atoms with Crippen molar-refractivity contribution in [3.63, 3.8) is 0 Å². The van der Waals surface area contributed by atoms with Crippen LogP contribution in [0.2, 0.25) is 0 Å². The van der Waals surface area contributed by atoms with Gasteiger partial charge >= 0.3 is 0 Å². The van der Waals surface area contributed by atoms with Gasteiger partial charge in [0.15, 0.2) is 5.76 Å². The van der Waals surface area contributed by atoms with Crippen LogP contribution in [0.5, 0.6) is 0 Å². The lowest BCUT2D eigenvalue weighted by Crippen LogP contribution is -2.13. The first-order valence-electron chi connectivity index (χ1n) is 6.44. The minimum Gasteiger partial charge on any atom is -0.356 e. The Bertz CT molecular complexity index is 517. The van der Waals surface area contributed by atoms with Gasteiger partial charge in [-0.15, -0.1) is 0 Å². The second-order valence-electron chi connectivity index (χ2n) is 4.66. The lowest BCUT2D eigenvalue weighted by Gasteiger charge is -2.05. The monoisotopic (exact) mass is 244 g/mol. The van der Waals surface area contributed by atoms with Gasteiger partial charge in [0.05, 0.1) is 6.20 Å². The van der Waals surface area contributed by atoms with Gasteiger partial charge in [0.25, 0.3) is 0 Å². The number of rotatable bonds is 5. The number of aryl methyl sites for hydroxylation is 2. The molecular formula is C15H20N2O. The molecule has 1 N–H and O–H groups in total. The zero-order valence-electron chi connectivity index (χ0n) is 11.3. The average Bonchev–Trinajstić information content (AvgIpc) is 2.81. The highest BCUT2D eigenvalue weighted by Gasteiger charge is 2.10. The van der Waals surface area contributed by atoms with Gasteiger partial charge in [0.2, 0.25) is 0 Å². The molecule has 0 spiro atoms. The standard InChI is InChI=1S/C15H20N2O/c1-4-7-16-9-14-10-17-18-15(14)13-6-5-11(2)12(3)8-13/h5-6,8,10,16H,4,7,9H2,1-3H3. The lowest BCUT2D eigenvalue weighted by atomic mass is 10.0. The van der Waals surface area contributed by atoms with Crippen LogP contribution in [-0.2, 0) is 6.54 Å². The minimum atomic E-state index is 0.805. The van der Waals surface area contributed by atoms with Crippen LogP contribution in [0.3, 0.4) is 0 Å². The SMILES string of the molecule is CCCNCc1cnoc1-c1ccc(C)c(C)c1. The predicted octanol–water partition coefficient (Wildman–Crippen LogP) is 3.46. The Kier molecular flexibility index (Phi) is 4.15. The van der Waals surface area contributed by atoms with E-state index in [0.29, 0.717) is 0 Å². The van der Waals surface area contributed by atoms with Crippen LogP contribution in [0, 0.1) is 13.8 Å². The summed E-state index contributed by atoms with van der Waals surface area (Å²) in [6.45, 7) is 8.20. The maximum atomic E-state index is 5.39. The van der Waals surface area contributed by atoms with E-state index in [4.69, 9.17) is 4.52 Å². The molecule has 2 rings (SSSR count). The molecule has 0 amide bonds. The van der Waals surface area contributed by atoms with Crippen molar-refractivity contribution >= 4 is 0 Å². The molecule has 1 heterocycles. The molecule has 2 aromatic rings. The number of hydrogen-bond acceptors (Lipinski definition) is 3. The number of benzene rings is 1. The van der Waals surface area contributed by atoms with Crippen molar-refractivity contribution in [1.29, 1.82) is 0 Å². The molecule has 0 bridgehead atoms. The van der Waals surface area contributed by atoms with Gasteiger partial charge in [-0.25, -0.2) is 0 Å². The first kappa shape index (κ1) is 12.8. The molecule has 0 aliphatic heterocycles. The van der Waals surface area contributed by atoms with Crippen LogP contribution < -0.4 is 5.32 Å². The Morgan fingerprint density at radius 2 is 2.06 bits per heavy atom. The summed E-state index contributed by atoms with van der Waals surface area (Å²) in [5.74, 6) is 0.877. The Balaban J connectivity index is 2.22. The molecule has 0 aliphatic rings. The van der Waals surface area contributed by atoms with E-state index in [2.05, 4.69) is 49.4 Å². The molecule has 0 fully saturated rings. The van der Waals surface area contributed by atoms with E-state index in [1.807, 2.05) is 0 Å².